The van der Waals surface area contributed by atoms with Crippen LogP contribution in [0.15, 0.2) is 48.5 Å². The fraction of sp³-hybridized carbons (Fsp3) is 0.235. The molecular formula is C17H15F4NO3. The van der Waals surface area contributed by atoms with Gasteiger partial charge in [0.05, 0.1) is 12.5 Å². The van der Waals surface area contributed by atoms with Crippen LogP contribution in [-0.2, 0) is 11.2 Å². The third kappa shape index (κ3) is 6.42. The van der Waals surface area contributed by atoms with Gasteiger partial charge in [-0.1, -0.05) is 24.3 Å². The molecule has 0 radical (unpaired) electrons. The standard InChI is InChI=1S/C17H15F4NO3/c18-13-3-1-2-11(8-13)9-16(24)22-10-15(23)12-4-6-14(7-5-12)25-17(19,20)21/h1-8,15,23H,9-10H2,(H,22,24). The minimum atomic E-state index is -4.79. The average molecular weight is 357 g/mol. The fourth-order valence-corrected chi connectivity index (χ4v) is 2.11. The summed E-state index contributed by atoms with van der Waals surface area (Å²) in [4.78, 5) is 11.8. The Morgan fingerprint density at radius 1 is 1.16 bits per heavy atom. The van der Waals surface area contributed by atoms with E-state index in [1.54, 1.807) is 6.07 Å². The zero-order valence-corrected chi connectivity index (χ0v) is 12.9. The molecule has 0 aliphatic carbocycles. The second-order valence-corrected chi connectivity index (χ2v) is 5.24. The van der Waals surface area contributed by atoms with Gasteiger partial charge in [-0.25, -0.2) is 4.39 Å². The number of hydrogen-bond donors (Lipinski definition) is 2. The van der Waals surface area contributed by atoms with E-state index in [4.69, 9.17) is 0 Å². The van der Waals surface area contributed by atoms with E-state index in [-0.39, 0.29) is 13.0 Å². The Balaban J connectivity index is 1.85. The van der Waals surface area contributed by atoms with Crippen molar-refractivity contribution in [3.8, 4) is 5.75 Å². The molecule has 134 valence electrons. The Hall–Kier alpha value is -2.61. The van der Waals surface area contributed by atoms with Crippen molar-refractivity contribution in [2.75, 3.05) is 6.54 Å². The summed E-state index contributed by atoms with van der Waals surface area (Å²) < 4.78 is 53.0. The molecule has 0 fully saturated rings. The number of rotatable bonds is 6. The van der Waals surface area contributed by atoms with Crippen molar-refractivity contribution in [3.05, 3.63) is 65.5 Å². The zero-order valence-electron chi connectivity index (χ0n) is 12.9. The summed E-state index contributed by atoms with van der Waals surface area (Å²) in [5.74, 6) is -1.27. The van der Waals surface area contributed by atoms with Crippen LogP contribution >= 0.6 is 0 Å². The third-order valence-electron chi connectivity index (χ3n) is 3.24. The van der Waals surface area contributed by atoms with Crippen molar-refractivity contribution in [3.63, 3.8) is 0 Å². The molecule has 1 atom stereocenters. The maximum atomic E-state index is 13.0. The summed E-state index contributed by atoms with van der Waals surface area (Å²) in [6.07, 6.45) is -5.94. The van der Waals surface area contributed by atoms with Gasteiger partial charge in [0.2, 0.25) is 5.91 Å². The molecule has 25 heavy (non-hydrogen) atoms. The summed E-state index contributed by atoms with van der Waals surface area (Å²) >= 11 is 0. The quantitative estimate of drug-likeness (QED) is 0.781. The highest BCUT2D eigenvalue weighted by Gasteiger charge is 2.31. The van der Waals surface area contributed by atoms with Crippen molar-refractivity contribution in [1.82, 2.24) is 5.32 Å². The van der Waals surface area contributed by atoms with Gasteiger partial charge >= 0.3 is 6.36 Å². The molecule has 1 amide bonds. The molecule has 0 bridgehead atoms. The van der Waals surface area contributed by atoms with Gasteiger partial charge in [-0.2, -0.15) is 0 Å². The molecule has 0 aromatic heterocycles. The molecule has 0 heterocycles. The van der Waals surface area contributed by atoms with Gasteiger partial charge in [-0.15, -0.1) is 13.2 Å². The minimum absolute atomic E-state index is 0.0527. The van der Waals surface area contributed by atoms with Crippen LogP contribution in [0, 0.1) is 5.82 Å². The van der Waals surface area contributed by atoms with Gasteiger partial charge in [0.15, 0.2) is 0 Å². The predicted octanol–water partition coefficient (Wildman–Crippen LogP) is 3.12. The molecule has 2 N–H and O–H groups in total. The van der Waals surface area contributed by atoms with Gasteiger partial charge in [-0.3, -0.25) is 4.79 Å². The van der Waals surface area contributed by atoms with E-state index < -0.39 is 29.9 Å². The topological polar surface area (TPSA) is 58.6 Å². The maximum Gasteiger partial charge on any atom is 0.573 e. The van der Waals surface area contributed by atoms with E-state index in [0.29, 0.717) is 11.1 Å². The summed E-state index contributed by atoms with van der Waals surface area (Å²) in [7, 11) is 0. The molecule has 0 spiro atoms. The van der Waals surface area contributed by atoms with Gasteiger partial charge < -0.3 is 15.2 Å². The number of ether oxygens (including phenoxy) is 1. The lowest BCUT2D eigenvalue weighted by Crippen LogP contribution is -2.29. The monoisotopic (exact) mass is 357 g/mol. The van der Waals surface area contributed by atoms with Crippen LogP contribution in [0.1, 0.15) is 17.2 Å². The molecule has 0 aliphatic heterocycles. The minimum Gasteiger partial charge on any atom is -0.406 e. The van der Waals surface area contributed by atoms with Crippen molar-refractivity contribution in [2.45, 2.75) is 18.9 Å². The highest BCUT2D eigenvalue weighted by atomic mass is 19.4. The van der Waals surface area contributed by atoms with Gasteiger partial charge in [0, 0.05) is 6.54 Å². The number of carbonyl (C=O) groups excluding carboxylic acids is 1. The van der Waals surface area contributed by atoms with Crippen LogP contribution in [0.2, 0.25) is 0 Å². The largest absolute Gasteiger partial charge is 0.573 e. The van der Waals surface area contributed by atoms with Crippen LogP contribution < -0.4 is 10.1 Å². The zero-order chi connectivity index (χ0) is 18.4. The maximum absolute atomic E-state index is 13.0. The van der Waals surface area contributed by atoms with Crippen molar-refractivity contribution in [2.24, 2.45) is 0 Å². The first-order chi connectivity index (χ1) is 11.7. The molecule has 1 unspecified atom stereocenters. The number of amides is 1. The first kappa shape index (κ1) is 18.7. The number of carbonyl (C=O) groups is 1. The Bertz CT molecular complexity index is 717. The Morgan fingerprint density at radius 3 is 2.44 bits per heavy atom. The molecular weight excluding hydrogens is 342 g/mol. The lowest BCUT2D eigenvalue weighted by atomic mass is 10.1. The molecule has 2 aromatic carbocycles. The van der Waals surface area contributed by atoms with E-state index in [9.17, 15) is 27.5 Å². The molecule has 2 rings (SSSR count). The van der Waals surface area contributed by atoms with Crippen LogP contribution in [0.25, 0.3) is 0 Å². The molecule has 0 saturated carbocycles. The second-order valence-electron chi connectivity index (χ2n) is 5.24. The summed E-state index contributed by atoms with van der Waals surface area (Å²) in [6, 6.07) is 10.2. The van der Waals surface area contributed by atoms with Gasteiger partial charge in [-0.05, 0) is 35.4 Å². The fourth-order valence-electron chi connectivity index (χ4n) is 2.11. The highest BCUT2D eigenvalue weighted by molar-refractivity contribution is 5.78. The number of halogens is 4. The number of hydrogen-bond acceptors (Lipinski definition) is 3. The smallest absolute Gasteiger partial charge is 0.406 e. The Labute approximate surface area is 141 Å². The first-order valence-corrected chi connectivity index (χ1v) is 7.28. The lowest BCUT2D eigenvalue weighted by molar-refractivity contribution is -0.274. The SMILES string of the molecule is O=C(Cc1cccc(F)c1)NCC(O)c1ccc(OC(F)(F)F)cc1. The molecule has 0 saturated heterocycles. The van der Waals surface area contributed by atoms with Crippen LogP contribution in [0.5, 0.6) is 5.75 Å². The van der Waals surface area contributed by atoms with Crippen LogP contribution in [0.4, 0.5) is 17.6 Å². The third-order valence-corrected chi connectivity index (χ3v) is 3.24. The summed E-state index contributed by atoms with van der Waals surface area (Å²) in [5.41, 5.74) is 0.807. The lowest BCUT2D eigenvalue weighted by Gasteiger charge is -2.14. The number of nitrogens with one attached hydrogen (secondary N) is 1. The Morgan fingerprint density at radius 2 is 1.84 bits per heavy atom. The molecule has 8 heteroatoms. The van der Waals surface area contributed by atoms with E-state index in [0.717, 1.165) is 12.1 Å². The van der Waals surface area contributed by atoms with Gasteiger partial charge in [0.1, 0.15) is 11.6 Å². The summed E-state index contributed by atoms with van der Waals surface area (Å²) in [5, 5.41) is 12.4. The normalized spacial score (nSPS) is 12.5. The van der Waals surface area contributed by atoms with Crippen molar-refractivity contribution >= 4 is 5.91 Å². The second kappa shape index (κ2) is 7.98. The van der Waals surface area contributed by atoms with E-state index in [1.807, 2.05) is 0 Å². The number of benzene rings is 2. The van der Waals surface area contributed by atoms with E-state index in [1.165, 1.54) is 30.3 Å². The Kier molecular flexibility index (Phi) is 5.97. The number of aliphatic hydroxyl groups excluding tert-OH is 1. The van der Waals surface area contributed by atoms with Crippen molar-refractivity contribution in [1.29, 1.82) is 0 Å². The summed E-state index contributed by atoms with van der Waals surface area (Å²) in [6.45, 7) is -0.131. The van der Waals surface area contributed by atoms with Crippen molar-refractivity contribution < 1.29 is 32.2 Å². The average Bonchev–Trinajstić information content (AvgIpc) is 2.52. The van der Waals surface area contributed by atoms with Crippen LogP contribution in [0.3, 0.4) is 0 Å². The highest BCUT2D eigenvalue weighted by Crippen LogP contribution is 2.24. The van der Waals surface area contributed by atoms with Gasteiger partial charge in [0.25, 0.3) is 0 Å². The van der Waals surface area contributed by atoms with E-state index in [2.05, 4.69) is 10.1 Å². The predicted molar refractivity (Wildman–Crippen MR) is 81.2 cm³/mol. The number of alkyl halides is 3. The van der Waals surface area contributed by atoms with Crippen LogP contribution in [-0.4, -0.2) is 23.9 Å². The first-order valence-electron chi connectivity index (χ1n) is 7.28. The molecule has 4 nitrogen and oxygen atoms in total. The van der Waals surface area contributed by atoms with E-state index >= 15 is 0 Å². The molecule has 2 aromatic rings. The number of aliphatic hydroxyl groups is 1. The molecule has 0 aliphatic rings.